The molecular weight excluding hydrogens is 659 g/mol. The smallest absolute Gasteiger partial charge is 0.272 e. The van der Waals surface area contributed by atoms with Gasteiger partial charge in [-0.2, -0.15) is 0 Å². The number of nitrogens with zero attached hydrogens (tertiary/aromatic N) is 1. The number of benzene rings is 4. The Morgan fingerprint density at radius 1 is 0.957 bits per heavy atom. The summed E-state index contributed by atoms with van der Waals surface area (Å²) in [6, 6.07) is 26.9. The summed E-state index contributed by atoms with van der Waals surface area (Å²) >= 11 is 8.79. The molecule has 0 atom stereocenters. The predicted octanol–water partition coefficient (Wildman–Crippen LogP) is 8.14. The largest absolute Gasteiger partial charge is 0.494 e. The summed E-state index contributed by atoms with van der Waals surface area (Å²) in [4.78, 5) is 44.2. The van der Waals surface area contributed by atoms with Crippen molar-refractivity contribution in [1.29, 1.82) is 0 Å². The third-order valence-electron chi connectivity index (χ3n) is 6.49. The molecule has 0 bridgehead atoms. The molecule has 47 heavy (non-hydrogen) atoms. The Hall–Kier alpha value is -4.97. The minimum absolute atomic E-state index is 0.0465. The average Bonchev–Trinajstić information content (AvgIpc) is 3.54. The average molecular weight is 687 g/mol. The summed E-state index contributed by atoms with van der Waals surface area (Å²) in [5, 5.41) is 10.6. The van der Waals surface area contributed by atoms with E-state index < -0.39 is 17.6 Å². The van der Waals surface area contributed by atoms with Crippen molar-refractivity contribution in [2.75, 3.05) is 23.0 Å². The Bertz CT molecular complexity index is 1900. The van der Waals surface area contributed by atoms with Gasteiger partial charge in [-0.3, -0.25) is 14.4 Å². The molecule has 0 spiro atoms. The maximum Gasteiger partial charge on any atom is 0.272 e. The number of thiazole rings is 1. The molecule has 1 heterocycles. The van der Waals surface area contributed by atoms with Crippen molar-refractivity contribution in [3.63, 3.8) is 0 Å². The molecule has 5 aromatic rings. The first-order chi connectivity index (χ1) is 22.8. The van der Waals surface area contributed by atoms with Gasteiger partial charge < -0.3 is 20.7 Å². The Balaban J connectivity index is 1.22. The van der Waals surface area contributed by atoms with Gasteiger partial charge in [0, 0.05) is 32.7 Å². The molecule has 1 aromatic heterocycles. The van der Waals surface area contributed by atoms with Gasteiger partial charge in [0.2, 0.25) is 5.91 Å². The Morgan fingerprint density at radius 2 is 1.72 bits per heavy atom. The first kappa shape index (κ1) is 33.4. The summed E-state index contributed by atoms with van der Waals surface area (Å²) in [6.45, 7) is 2.51. The third-order valence-corrected chi connectivity index (χ3v) is 8.57. The second-order valence-electron chi connectivity index (χ2n) is 9.83. The van der Waals surface area contributed by atoms with E-state index in [1.165, 1.54) is 47.4 Å². The number of nitrogens with one attached hydrogen (secondary N) is 3. The number of rotatable bonds is 12. The molecule has 0 fully saturated rings. The summed E-state index contributed by atoms with van der Waals surface area (Å²) in [6.07, 6.45) is 1.19. The molecule has 3 N–H and O–H groups in total. The number of carbonyl (C=O) groups is 3. The monoisotopic (exact) mass is 686 g/mol. The van der Waals surface area contributed by atoms with Crippen molar-refractivity contribution in [1.82, 2.24) is 10.3 Å². The normalized spacial score (nSPS) is 11.1. The van der Waals surface area contributed by atoms with Gasteiger partial charge in [0.05, 0.1) is 23.1 Å². The van der Waals surface area contributed by atoms with Crippen molar-refractivity contribution >= 4 is 69.3 Å². The fourth-order valence-electron chi connectivity index (χ4n) is 4.25. The van der Waals surface area contributed by atoms with Crippen molar-refractivity contribution in [3.8, 4) is 17.0 Å². The molecule has 0 saturated heterocycles. The standard InChI is InChI=1S/C35H28ClFN4O4S2/c1-2-45-25-16-14-22(15-17-25)31-20-47-35(40-31)41-32(42)21-46-26-11-6-10-24(18-26)38-34(44)30(19-27-28(36)12-7-13-29(27)37)39-33(43)23-8-4-3-5-9-23/h3-20H,2,21H2,1H3,(H,38,44)(H,39,43)(H,40,41,42)/b30-19+. The van der Waals surface area contributed by atoms with Crippen LogP contribution in [-0.2, 0) is 9.59 Å². The van der Waals surface area contributed by atoms with Crippen molar-refractivity contribution in [3.05, 3.63) is 130 Å². The summed E-state index contributed by atoms with van der Waals surface area (Å²) < 4.78 is 20.1. The molecule has 5 rings (SSSR count). The van der Waals surface area contributed by atoms with Crippen LogP contribution in [0, 0.1) is 5.82 Å². The number of ether oxygens (including phenoxy) is 1. The fourth-order valence-corrected chi connectivity index (χ4v) is 5.96. The van der Waals surface area contributed by atoms with E-state index in [0.29, 0.717) is 27.9 Å². The van der Waals surface area contributed by atoms with Crippen molar-refractivity contribution < 1.29 is 23.5 Å². The Kier molecular flexibility index (Phi) is 11.4. The van der Waals surface area contributed by atoms with Crippen LogP contribution in [0.2, 0.25) is 5.02 Å². The summed E-state index contributed by atoms with van der Waals surface area (Å²) in [5.41, 5.74) is 2.11. The number of carbonyl (C=O) groups excluding carboxylic acids is 3. The molecule has 238 valence electrons. The lowest BCUT2D eigenvalue weighted by atomic mass is 10.1. The van der Waals surface area contributed by atoms with E-state index in [1.807, 2.05) is 36.6 Å². The van der Waals surface area contributed by atoms with Gasteiger partial charge in [-0.05, 0) is 79.7 Å². The van der Waals surface area contributed by atoms with Gasteiger partial charge >= 0.3 is 0 Å². The van der Waals surface area contributed by atoms with E-state index in [2.05, 4.69) is 20.9 Å². The summed E-state index contributed by atoms with van der Waals surface area (Å²) in [7, 11) is 0. The van der Waals surface area contributed by atoms with E-state index in [9.17, 15) is 18.8 Å². The lowest BCUT2D eigenvalue weighted by Crippen LogP contribution is -2.30. The molecule has 0 saturated carbocycles. The maximum absolute atomic E-state index is 14.6. The highest BCUT2D eigenvalue weighted by Crippen LogP contribution is 2.28. The summed E-state index contributed by atoms with van der Waals surface area (Å²) in [5.74, 6) is -1.27. The highest BCUT2D eigenvalue weighted by Gasteiger charge is 2.18. The van der Waals surface area contributed by atoms with E-state index in [0.717, 1.165) is 17.0 Å². The van der Waals surface area contributed by atoms with E-state index in [-0.39, 0.29) is 27.9 Å². The maximum atomic E-state index is 14.6. The number of halogens is 2. The highest BCUT2D eigenvalue weighted by molar-refractivity contribution is 8.00. The van der Waals surface area contributed by atoms with E-state index in [4.69, 9.17) is 16.3 Å². The number of hydrogen-bond acceptors (Lipinski definition) is 7. The lowest BCUT2D eigenvalue weighted by molar-refractivity contribution is -0.114. The first-order valence-corrected chi connectivity index (χ1v) is 16.6. The van der Waals surface area contributed by atoms with E-state index >= 15 is 0 Å². The number of aromatic nitrogens is 1. The number of anilines is 2. The van der Waals surface area contributed by atoms with Crippen LogP contribution in [0.25, 0.3) is 17.3 Å². The molecule has 0 aliphatic rings. The lowest BCUT2D eigenvalue weighted by Gasteiger charge is -2.13. The zero-order valence-electron chi connectivity index (χ0n) is 25.0. The minimum atomic E-state index is -0.694. The van der Waals surface area contributed by atoms with E-state index in [1.54, 1.807) is 54.6 Å². The molecule has 3 amide bonds. The third kappa shape index (κ3) is 9.29. The SMILES string of the molecule is CCOc1ccc(-c2csc(NC(=O)CSc3cccc(NC(=O)/C(=C\c4c(F)cccc4Cl)NC(=O)c4ccccc4)c3)n2)cc1. The Morgan fingerprint density at radius 3 is 2.47 bits per heavy atom. The second-order valence-corrected chi connectivity index (χ2v) is 12.1. The van der Waals surface area contributed by atoms with Gasteiger partial charge in [-0.1, -0.05) is 41.9 Å². The van der Waals surface area contributed by atoms with Crippen LogP contribution >= 0.6 is 34.7 Å². The van der Waals surface area contributed by atoms with Gasteiger partial charge in [0.1, 0.15) is 17.3 Å². The van der Waals surface area contributed by atoms with Crippen LogP contribution in [0.1, 0.15) is 22.8 Å². The second kappa shape index (κ2) is 16.0. The Labute approximate surface area is 284 Å². The van der Waals surface area contributed by atoms with Gasteiger partial charge in [0.25, 0.3) is 11.8 Å². The zero-order chi connectivity index (χ0) is 33.2. The number of hydrogen-bond donors (Lipinski definition) is 3. The minimum Gasteiger partial charge on any atom is -0.494 e. The molecule has 0 unspecified atom stereocenters. The molecule has 0 radical (unpaired) electrons. The molecule has 0 aliphatic heterocycles. The zero-order valence-corrected chi connectivity index (χ0v) is 27.3. The highest BCUT2D eigenvalue weighted by atomic mass is 35.5. The molecule has 4 aromatic carbocycles. The number of amides is 3. The van der Waals surface area contributed by atoms with Crippen LogP contribution in [0.3, 0.4) is 0 Å². The molecule has 12 heteroatoms. The first-order valence-electron chi connectivity index (χ1n) is 14.3. The van der Waals surface area contributed by atoms with Crippen molar-refractivity contribution in [2.45, 2.75) is 11.8 Å². The quantitative estimate of drug-likeness (QED) is 0.0903. The van der Waals surface area contributed by atoms with Gasteiger partial charge in [-0.25, -0.2) is 9.37 Å². The molecule has 8 nitrogen and oxygen atoms in total. The fraction of sp³-hybridized carbons (Fsp3) is 0.0857. The van der Waals surface area contributed by atoms with Crippen LogP contribution < -0.4 is 20.7 Å². The topological polar surface area (TPSA) is 109 Å². The van der Waals surface area contributed by atoms with Gasteiger partial charge in [-0.15, -0.1) is 23.1 Å². The number of thioether (sulfide) groups is 1. The van der Waals surface area contributed by atoms with Crippen molar-refractivity contribution in [2.24, 2.45) is 0 Å². The van der Waals surface area contributed by atoms with Crippen LogP contribution in [0.5, 0.6) is 5.75 Å². The molecule has 0 aliphatic carbocycles. The van der Waals surface area contributed by atoms with Crippen LogP contribution in [0.4, 0.5) is 15.2 Å². The molecular formula is C35H28ClFN4O4S2. The van der Waals surface area contributed by atoms with Crippen LogP contribution in [0.15, 0.2) is 113 Å². The van der Waals surface area contributed by atoms with Gasteiger partial charge in [0.15, 0.2) is 5.13 Å². The predicted molar refractivity (Wildman–Crippen MR) is 186 cm³/mol. The van der Waals surface area contributed by atoms with Crippen LogP contribution in [-0.4, -0.2) is 35.1 Å².